The van der Waals surface area contributed by atoms with Gasteiger partial charge in [-0.05, 0) is 61.4 Å². The number of unbranched alkanes of at least 4 members (excludes halogenated alkanes) is 14. The Kier molecular flexibility index (Phi) is 18.8. The van der Waals surface area contributed by atoms with Gasteiger partial charge in [0, 0.05) is 34.4 Å². The van der Waals surface area contributed by atoms with Gasteiger partial charge in [0.15, 0.2) is 0 Å². The van der Waals surface area contributed by atoms with Gasteiger partial charge in [0.2, 0.25) is 0 Å². The van der Waals surface area contributed by atoms with Crippen LogP contribution in [0, 0.1) is 48.4 Å². The van der Waals surface area contributed by atoms with E-state index in [2.05, 4.69) is 49.4 Å². The van der Waals surface area contributed by atoms with Gasteiger partial charge < -0.3 is 9.47 Å². The Labute approximate surface area is 292 Å². The van der Waals surface area contributed by atoms with Crippen molar-refractivity contribution in [3.63, 3.8) is 0 Å². The van der Waals surface area contributed by atoms with Gasteiger partial charge in [-0.15, -0.1) is 12.8 Å². The quantitative estimate of drug-likeness (QED) is 0.0905. The Hall–Kier alpha value is -4.50. The maximum atomic E-state index is 6.41. The number of rotatable bonds is 20. The summed E-state index contributed by atoms with van der Waals surface area (Å²) in [7, 11) is 0. The average Bonchev–Trinajstić information content (AvgIpc) is 3.12. The molecule has 0 saturated carbocycles. The van der Waals surface area contributed by atoms with Crippen LogP contribution in [0.25, 0.3) is 0 Å². The molecular formula is C46H54O2. The first-order valence-electron chi connectivity index (χ1n) is 18.3. The minimum atomic E-state index is 0.638. The summed E-state index contributed by atoms with van der Waals surface area (Å²) in [4.78, 5) is 0. The third-order valence-corrected chi connectivity index (χ3v) is 8.38. The summed E-state index contributed by atoms with van der Waals surface area (Å²) in [5.41, 5.74) is 5.05. The van der Waals surface area contributed by atoms with E-state index in [1.54, 1.807) is 0 Å². The van der Waals surface area contributed by atoms with Crippen LogP contribution in [-0.4, -0.2) is 13.2 Å². The maximum Gasteiger partial charge on any atom is 0.136 e. The van der Waals surface area contributed by atoms with Gasteiger partial charge in [0.05, 0.1) is 24.3 Å². The van der Waals surface area contributed by atoms with E-state index >= 15 is 0 Å². The molecule has 0 aliphatic heterocycles. The smallest absolute Gasteiger partial charge is 0.136 e. The van der Waals surface area contributed by atoms with E-state index in [1.165, 1.54) is 77.0 Å². The SMILES string of the molecule is C#Cc1ccc(C#Cc2cc(OCCCCCCCCCC)c(C#Cc3ccc(C#C)cc3)cc2OCCCCCCCCCC)cc1. The van der Waals surface area contributed by atoms with Crippen molar-refractivity contribution in [2.75, 3.05) is 13.2 Å². The Morgan fingerprint density at radius 1 is 0.417 bits per heavy atom. The van der Waals surface area contributed by atoms with Gasteiger partial charge in [-0.3, -0.25) is 0 Å². The summed E-state index contributed by atoms with van der Waals surface area (Å²) in [6.07, 6.45) is 31.1. The summed E-state index contributed by atoms with van der Waals surface area (Å²) in [5, 5.41) is 0. The topological polar surface area (TPSA) is 18.5 Å². The van der Waals surface area contributed by atoms with Crippen molar-refractivity contribution in [3.8, 4) is 59.9 Å². The van der Waals surface area contributed by atoms with Gasteiger partial charge in [0.1, 0.15) is 11.5 Å². The molecule has 0 aromatic heterocycles. The molecular weight excluding hydrogens is 585 g/mol. The summed E-state index contributed by atoms with van der Waals surface area (Å²) in [6, 6.07) is 19.5. The number of ether oxygens (including phenoxy) is 2. The Balaban J connectivity index is 1.81. The van der Waals surface area contributed by atoms with Crippen LogP contribution in [0.1, 0.15) is 150 Å². The van der Waals surface area contributed by atoms with Gasteiger partial charge in [-0.25, -0.2) is 0 Å². The maximum absolute atomic E-state index is 6.41. The molecule has 0 aliphatic rings. The average molecular weight is 639 g/mol. The van der Waals surface area contributed by atoms with E-state index in [4.69, 9.17) is 22.3 Å². The molecule has 0 fully saturated rings. The van der Waals surface area contributed by atoms with Crippen molar-refractivity contribution in [2.24, 2.45) is 0 Å². The zero-order valence-corrected chi connectivity index (χ0v) is 29.5. The Morgan fingerprint density at radius 3 is 1.06 bits per heavy atom. The van der Waals surface area contributed by atoms with Gasteiger partial charge >= 0.3 is 0 Å². The largest absolute Gasteiger partial charge is 0.492 e. The fourth-order valence-electron chi connectivity index (χ4n) is 5.41. The van der Waals surface area contributed by atoms with Crippen LogP contribution >= 0.6 is 0 Å². The number of hydrogen-bond donors (Lipinski definition) is 0. The summed E-state index contributed by atoms with van der Waals surface area (Å²) in [6.45, 7) is 5.79. The number of benzene rings is 3. The Morgan fingerprint density at radius 2 is 0.729 bits per heavy atom. The molecule has 48 heavy (non-hydrogen) atoms. The van der Waals surface area contributed by atoms with Crippen LogP contribution in [0.4, 0.5) is 0 Å². The number of terminal acetylenes is 2. The molecule has 0 N–H and O–H groups in total. The highest BCUT2D eigenvalue weighted by Gasteiger charge is 2.11. The third kappa shape index (κ3) is 14.9. The second-order valence-corrected chi connectivity index (χ2v) is 12.4. The first-order valence-corrected chi connectivity index (χ1v) is 18.3. The van der Waals surface area contributed by atoms with Gasteiger partial charge in [-0.1, -0.05) is 139 Å². The molecule has 3 rings (SSSR count). The van der Waals surface area contributed by atoms with Crippen molar-refractivity contribution in [2.45, 2.75) is 117 Å². The molecule has 3 aromatic carbocycles. The van der Waals surface area contributed by atoms with E-state index in [9.17, 15) is 0 Å². The molecule has 0 aliphatic carbocycles. The summed E-state index contributed by atoms with van der Waals surface area (Å²) >= 11 is 0. The van der Waals surface area contributed by atoms with E-state index in [0.29, 0.717) is 13.2 Å². The molecule has 250 valence electrons. The lowest BCUT2D eigenvalue weighted by atomic mass is 10.1. The van der Waals surface area contributed by atoms with Crippen LogP contribution in [0.3, 0.4) is 0 Å². The van der Waals surface area contributed by atoms with Crippen molar-refractivity contribution >= 4 is 0 Å². The molecule has 0 spiro atoms. The molecule has 0 radical (unpaired) electrons. The first-order chi connectivity index (χ1) is 23.7. The molecule has 0 saturated heterocycles. The second kappa shape index (κ2) is 23.8. The third-order valence-electron chi connectivity index (χ3n) is 8.38. The molecule has 0 bridgehead atoms. The van der Waals surface area contributed by atoms with Crippen LogP contribution in [0.2, 0.25) is 0 Å². The molecule has 0 heterocycles. The van der Waals surface area contributed by atoms with E-state index in [1.807, 2.05) is 60.7 Å². The highest BCUT2D eigenvalue weighted by atomic mass is 16.5. The highest BCUT2D eigenvalue weighted by molar-refractivity contribution is 5.61. The minimum absolute atomic E-state index is 0.638. The molecule has 0 unspecified atom stereocenters. The lowest BCUT2D eigenvalue weighted by Crippen LogP contribution is -2.03. The van der Waals surface area contributed by atoms with Crippen molar-refractivity contribution in [1.82, 2.24) is 0 Å². The fourth-order valence-corrected chi connectivity index (χ4v) is 5.41. The standard InChI is InChI=1S/C46H54O2/c1-5-9-11-13-15-17-19-21-35-47-45-37-44(34-32-42-29-25-40(8-4)26-30-42)46(48-36-22-20-18-16-14-12-10-6-2)38-43(45)33-31-41-27-23-39(7-3)24-28-41/h3-4,23-30,37-38H,5-6,9-22,35-36H2,1-2H3. The van der Waals surface area contributed by atoms with Crippen LogP contribution < -0.4 is 9.47 Å². The lowest BCUT2D eigenvalue weighted by molar-refractivity contribution is 0.295. The zero-order valence-electron chi connectivity index (χ0n) is 29.5. The molecule has 2 nitrogen and oxygen atoms in total. The number of hydrogen-bond acceptors (Lipinski definition) is 2. The van der Waals surface area contributed by atoms with E-state index in [-0.39, 0.29) is 0 Å². The molecule has 2 heteroatoms. The molecule has 0 atom stereocenters. The minimum Gasteiger partial charge on any atom is -0.492 e. The lowest BCUT2D eigenvalue weighted by Gasteiger charge is -2.14. The van der Waals surface area contributed by atoms with Crippen LogP contribution in [-0.2, 0) is 0 Å². The van der Waals surface area contributed by atoms with Gasteiger partial charge in [-0.2, -0.15) is 0 Å². The summed E-state index contributed by atoms with van der Waals surface area (Å²) < 4.78 is 12.8. The predicted octanol–water partition coefficient (Wildman–Crippen LogP) is 11.5. The Bertz CT molecular complexity index is 1440. The van der Waals surface area contributed by atoms with Crippen molar-refractivity contribution in [1.29, 1.82) is 0 Å². The van der Waals surface area contributed by atoms with Crippen molar-refractivity contribution < 1.29 is 9.47 Å². The monoisotopic (exact) mass is 638 g/mol. The summed E-state index contributed by atoms with van der Waals surface area (Å²) in [5.74, 6) is 20.1. The van der Waals surface area contributed by atoms with Crippen LogP contribution in [0.15, 0.2) is 60.7 Å². The predicted molar refractivity (Wildman–Crippen MR) is 203 cm³/mol. The van der Waals surface area contributed by atoms with Crippen LogP contribution in [0.5, 0.6) is 11.5 Å². The second-order valence-electron chi connectivity index (χ2n) is 12.4. The van der Waals surface area contributed by atoms with E-state index < -0.39 is 0 Å². The fraction of sp³-hybridized carbons (Fsp3) is 0.435. The molecule has 3 aromatic rings. The zero-order chi connectivity index (χ0) is 34.1. The first kappa shape index (κ1) is 38.0. The molecule has 0 amide bonds. The van der Waals surface area contributed by atoms with Crippen molar-refractivity contribution in [3.05, 3.63) is 94.0 Å². The normalized spacial score (nSPS) is 10.2. The highest BCUT2D eigenvalue weighted by Crippen LogP contribution is 2.29. The van der Waals surface area contributed by atoms with E-state index in [0.717, 1.165) is 70.6 Å². The van der Waals surface area contributed by atoms with Gasteiger partial charge in [0.25, 0.3) is 0 Å².